The van der Waals surface area contributed by atoms with Crippen molar-refractivity contribution in [3.05, 3.63) is 34.9 Å². The number of aliphatic hydroxyl groups excluding tert-OH is 1. The van der Waals surface area contributed by atoms with E-state index in [9.17, 15) is 9.66 Å². The van der Waals surface area contributed by atoms with E-state index < -0.39 is 0 Å². The molecule has 1 fully saturated rings. The lowest BCUT2D eigenvalue weighted by molar-refractivity contribution is 0.165. The molecule has 1 heterocycles. The molecule has 0 amide bonds. The third-order valence-electron chi connectivity index (χ3n) is 4.63. The Kier molecular flexibility index (Phi) is 3.82. The summed E-state index contributed by atoms with van der Waals surface area (Å²) in [6.45, 7) is 2.14. The van der Waals surface area contributed by atoms with Crippen LogP contribution in [0.5, 0.6) is 0 Å². The van der Waals surface area contributed by atoms with Gasteiger partial charge in [0.1, 0.15) is 0 Å². The molecule has 1 unspecified atom stereocenters. The molecule has 0 aromatic heterocycles. The molecule has 0 bridgehead atoms. The van der Waals surface area contributed by atoms with Crippen LogP contribution in [0.3, 0.4) is 0 Å². The second-order valence-corrected chi connectivity index (χ2v) is 6.04. The Hall–Kier alpha value is -0.590. The monoisotopic (exact) mass is 280 g/mol. The fraction of sp³-hybridized carbons (Fsp3) is 0.571. The molecule has 1 spiro atoms. The Morgan fingerprint density at radius 3 is 2.84 bits per heavy atom. The molecule has 1 atom stereocenters. The van der Waals surface area contributed by atoms with Crippen molar-refractivity contribution >= 4 is 12.2 Å². The van der Waals surface area contributed by atoms with Gasteiger partial charge in [-0.1, -0.05) is 18.2 Å². The molecular formula is C14H20N2O2S. The normalized spacial score (nSPS) is 24.6. The first-order chi connectivity index (χ1) is 9.29. The fourth-order valence-electron chi connectivity index (χ4n) is 3.61. The van der Waals surface area contributed by atoms with E-state index in [1.165, 1.54) is 11.1 Å². The van der Waals surface area contributed by atoms with Crippen LogP contribution < -0.4 is 10.0 Å². The van der Waals surface area contributed by atoms with Gasteiger partial charge in [0.15, 0.2) is 0 Å². The lowest BCUT2D eigenvalue weighted by Gasteiger charge is -2.39. The number of hydrogen-bond acceptors (Lipinski definition) is 5. The maximum atomic E-state index is 9.30. The molecule has 4 nitrogen and oxygen atoms in total. The molecular weight excluding hydrogens is 260 g/mol. The Morgan fingerprint density at radius 1 is 1.37 bits per heavy atom. The number of benzene rings is 1. The van der Waals surface area contributed by atoms with E-state index in [0.717, 1.165) is 37.9 Å². The van der Waals surface area contributed by atoms with E-state index in [1.54, 1.807) is 0 Å². The number of rotatable bonds is 3. The molecule has 1 aromatic carbocycles. The van der Waals surface area contributed by atoms with Crippen LogP contribution in [0.1, 0.15) is 35.6 Å². The van der Waals surface area contributed by atoms with Crippen LogP contribution in [-0.4, -0.2) is 22.7 Å². The van der Waals surface area contributed by atoms with Crippen LogP contribution in [0.4, 0.5) is 0 Å². The molecule has 1 aliphatic heterocycles. The van der Waals surface area contributed by atoms with Crippen molar-refractivity contribution in [3.63, 3.8) is 0 Å². The van der Waals surface area contributed by atoms with Gasteiger partial charge in [-0.2, -0.15) is 0 Å². The van der Waals surface area contributed by atoms with Gasteiger partial charge in [-0.3, -0.25) is 0 Å². The average Bonchev–Trinajstić information content (AvgIpc) is 2.73. The van der Waals surface area contributed by atoms with Crippen LogP contribution >= 0.6 is 12.2 Å². The molecule has 5 heteroatoms. The van der Waals surface area contributed by atoms with Gasteiger partial charge in [-0.05, 0) is 54.5 Å². The summed E-state index contributed by atoms with van der Waals surface area (Å²) in [7, 11) is 0. The van der Waals surface area contributed by atoms with Crippen LogP contribution in [0, 0.1) is 5.41 Å². The summed E-state index contributed by atoms with van der Waals surface area (Å²) in [5.41, 5.74) is 3.75. The summed E-state index contributed by atoms with van der Waals surface area (Å²) < 4.78 is 12.4. The van der Waals surface area contributed by atoms with Crippen molar-refractivity contribution in [1.29, 1.82) is 0 Å². The molecule has 0 radical (unpaired) electrons. The lowest BCUT2D eigenvalue weighted by atomic mass is 9.73. The summed E-state index contributed by atoms with van der Waals surface area (Å²) >= 11 is 0.711. The predicted octanol–water partition coefficient (Wildman–Crippen LogP) is 1.86. The SMILES string of the molecule is OCc1ccc2c(c1)C(NSO)C1(CCNCC1)C2. The van der Waals surface area contributed by atoms with Gasteiger partial charge in [0.25, 0.3) is 0 Å². The molecule has 3 rings (SSSR count). The van der Waals surface area contributed by atoms with Gasteiger partial charge < -0.3 is 15.0 Å². The van der Waals surface area contributed by atoms with Crippen molar-refractivity contribution in [2.75, 3.05) is 13.1 Å². The number of nitrogens with one attached hydrogen (secondary N) is 2. The molecule has 4 N–H and O–H groups in total. The summed E-state index contributed by atoms with van der Waals surface area (Å²) in [6.07, 6.45) is 3.30. The summed E-state index contributed by atoms with van der Waals surface area (Å²) in [5, 5.41) is 12.7. The van der Waals surface area contributed by atoms with E-state index in [4.69, 9.17) is 0 Å². The molecule has 0 saturated carbocycles. The highest BCUT2D eigenvalue weighted by molar-refractivity contribution is 7.91. The number of hydrogen-bond donors (Lipinski definition) is 4. The van der Waals surface area contributed by atoms with E-state index in [2.05, 4.69) is 22.2 Å². The number of piperidine rings is 1. The molecule has 2 aliphatic rings. The van der Waals surface area contributed by atoms with E-state index in [-0.39, 0.29) is 18.1 Å². The quantitative estimate of drug-likeness (QED) is 0.503. The molecule has 1 aromatic rings. The second-order valence-electron chi connectivity index (χ2n) is 5.62. The van der Waals surface area contributed by atoms with E-state index in [1.807, 2.05) is 6.07 Å². The topological polar surface area (TPSA) is 64.5 Å². The standard InChI is InChI=1S/C14H20N2O2S/c17-9-10-1-2-11-8-14(3-5-15-6-4-14)13(16-19-18)12(11)7-10/h1-2,7,13,15-18H,3-6,8-9H2. The van der Waals surface area contributed by atoms with Gasteiger partial charge >= 0.3 is 0 Å². The van der Waals surface area contributed by atoms with Crippen molar-refractivity contribution < 1.29 is 9.66 Å². The van der Waals surface area contributed by atoms with Crippen molar-refractivity contribution in [1.82, 2.24) is 10.0 Å². The first-order valence-corrected chi connectivity index (χ1v) is 7.56. The van der Waals surface area contributed by atoms with Gasteiger partial charge in [-0.15, -0.1) is 0 Å². The van der Waals surface area contributed by atoms with Crippen molar-refractivity contribution in [2.45, 2.75) is 31.9 Å². The van der Waals surface area contributed by atoms with E-state index in [0.29, 0.717) is 12.2 Å². The third kappa shape index (κ3) is 2.30. The summed E-state index contributed by atoms with van der Waals surface area (Å²) in [6, 6.07) is 6.39. The Bertz CT molecular complexity index is 461. The summed E-state index contributed by atoms with van der Waals surface area (Å²) in [4.78, 5) is 0. The number of aliphatic hydroxyl groups is 1. The first-order valence-electron chi connectivity index (χ1n) is 6.78. The minimum absolute atomic E-state index is 0.0703. The molecule has 1 saturated heterocycles. The average molecular weight is 280 g/mol. The Morgan fingerprint density at radius 2 is 2.16 bits per heavy atom. The highest BCUT2D eigenvalue weighted by Gasteiger charge is 2.46. The Balaban J connectivity index is 1.97. The minimum Gasteiger partial charge on any atom is -0.392 e. The van der Waals surface area contributed by atoms with Crippen molar-refractivity contribution in [3.8, 4) is 0 Å². The fourth-order valence-corrected chi connectivity index (χ4v) is 4.10. The van der Waals surface area contributed by atoms with Crippen molar-refractivity contribution in [2.24, 2.45) is 5.41 Å². The van der Waals surface area contributed by atoms with Crippen LogP contribution in [0.2, 0.25) is 0 Å². The van der Waals surface area contributed by atoms with Crippen LogP contribution in [0.25, 0.3) is 0 Å². The first kappa shape index (κ1) is 13.4. The zero-order chi connectivity index (χ0) is 13.3. The van der Waals surface area contributed by atoms with Gasteiger partial charge in [-0.25, -0.2) is 4.72 Å². The summed E-state index contributed by atoms with van der Waals surface area (Å²) in [5.74, 6) is 0. The zero-order valence-corrected chi connectivity index (χ0v) is 11.7. The maximum Gasteiger partial charge on any atom is 0.0766 e. The minimum atomic E-state index is 0.0703. The lowest BCUT2D eigenvalue weighted by Crippen LogP contribution is -2.42. The smallest absolute Gasteiger partial charge is 0.0766 e. The third-order valence-corrected chi connectivity index (χ3v) is 4.97. The molecule has 19 heavy (non-hydrogen) atoms. The molecule has 1 aliphatic carbocycles. The highest BCUT2D eigenvalue weighted by Crippen LogP contribution is 2.51. The largest absolute Gasteiger partial charge is 0.392 e. The highest BCUT2D eigenvalue weighted by atomic mass is 32.2. The maximum absolute atomic E-state index is 9.30. The van der Waals surface area contributed by atoms with Crippen LogP contribution in [0.15, 0.2) is 18.2 Å². The van der Waals surface area contributed by atoms with Crippen LogP contribution in [-0.2, 0) is 13.0 Å². The Labute approximate surface area is 117 Å². The zero-order valence-electron chi connectivity index (χ0n) is 10.9. The van der Waals surface area contributed by atoms with Gasteiger partial charge in [0, 0.05) is 0 Å². The number of fused-ring (bicyclic) bond motifs is 1. The van der Waals surface area contributed by atoms with Gasteiger partial charge in [0.2, 0.25) is 0 Å². The predicted molar refractivity (Wildman–Crippen MR) is 76.7 cm³/mol. The second kappa shape index (κ2) is 5.42. The molecule has 104 valence electrons. The van der Waals surface area contributed by atoms with Gasteiger partial charge in [0.05, 0.1) is 24.9 Å². The van der Waals surface area contributed by atoms with E-state index >= 15 is 0 Å².